The van der Waals surface area contributed by atoms with E-state index in [-0.39, 0.29) is 5.56 Å². The van der Waals surface area contributed by atoms with Crippen molar-refractivity contribution in [3.63, 3.8) is 0 Å². The summed E-state index contributed by atoms with van der Waals surface area (Å²) in [5.41, 5.74) is 3.17. The van der Waals surface area contributed by atoms with Crippen molar-refractivity contribution < 1.29 is 9.90 Å². The van der Waals surface area contributed by atoms with Crippen LogP contribution in [-0.2, 0) is 6.54 Å². The maximum absolute atomic E-state index is 11.1. The van der Waals surface area contributed by atoms with Gasteiger partial charge in [-0.05, 0) is 23.1 Å². The Kier molecular flexibility index (Phi) is 4.35. The van der Waals surface area contributed by atoms with Crippen LogP contribution in [0.2, 0.25) is 0 Å². The summed E-state index contributed by atoms with van der Waals surface area (Å²) >= 11 is 0. The highest BCUT2D eigenvalue weighted by Crippen LogP contribution is 2.17. The standard InChI is InChI=1S/C16H18N2O2/c1-11(2)13-5-3-12(4-6-13)9-18-15-10-17-8-7-14(15)16(19)20/h3-8,10-11,18H,9H2,1-2H3,(H,19,20). The Morgan fingerprint density at radius 2 is 1.95 bits per heavy atom. The predicted octanol–water partition coefficient (Wildman–Crippen LogP) is 3.52. The molecule has 0 spiro atoms. The maximum Gasteiger partial charge on any atom is 0.337 e. The summed E-state index contributed by atoms with van der Waals surface area (Å²) in [6.45, 7) is 4.88. The molecule has 0 aliphatic heterocycles. The number of nitrogens with zero attached hydrogens (tertiary/aromatic N) is 1. The fraction of sp³-hybridized carbons (Fsp3) is 0.250. The third-order valence-corrected chi connectivity index (χ3v) is 3.18. The number of benzene rings is 1. The SMILES string of the molecule is CC(C)c1ccc(CNc2cnccc2C(=O)O)cc1. The van der Waals surface area contributed by atoms with E-state index in [0.29, 0.717) is 18.2 Å². The molecule has 0 radical (unpaired) electrons. The second-order valence-electron chi connectivity index (χ2n) is 4.98. The van der Waals surface area contributed by atoms with Gasteiger partial charge in [-0.25, -0.2) is 4.79 Å². The lowest BCUT2D eigenvalue weighted by molar-refractivity contribution is 0.0698. The first-order valence-corrected chi connectivity index (χ1v) is 6.58. The Morgan fingerprint density at radius 1 is 1.25 bits per heavy atom. The van der Waals surface area contributed by atoms with Gasteiger partial charge in [0.05, 0.1) is 17.4 Å². The van der Waals surface area contributed by atoms with Crippen LogP contribution in [0.1, 0.15) is 41.3 Å². The van der Waals surface area contributed by atoms with Crippen molar-refractivity contribution in [3.05, 3.63) is 59.4 Å². The van der Waals surface area contributed by atoms with Crippen LogP contribution in [0.15, 0.2) is 42.7 Å². The van der Waals surface area contributed by atoms with Gasteiger partial charge in [0.1, 0.15) is 0 Å². The minimum atomic E-state index is -0.954. The summed E-state index contributed by atoms with van der Waals surface area (Å²) in [6, 6.07) is 9.80. The largest absolute Gasteiger partial charge is 0.478 e. The summed E-state index contributed by atoms with van der Waals surface area (Å²) in [6.07, 6.45) is 3.01. The van der Waals surface area contributed by atoms with Gasteiger partial charge in [0.2, 0.25) is 0 Å². The molecule has 0 bridgehead atoms. The molecule has 2 N–H and O–H groups in total. The number of rotatable bonds is 5. The van der Waals surface area contributed by atoms with Gasteiger partial charge in [-0.15, -0.1) is 0 Å². The molecule has 4 heteroatoms. The smallest absolute Gasteiger partial charge is 0.337 e. The molecule has 0 amide bonds. The summed E-state index contributed by atoms with van der Waals surface area (Å²) in [5, 5.41) is 12.2. The van der Waals surface area contributed by atoms with Crippen molar-refractivity contribution in [2.45, 2.75) is 26.3 Å². The second kappa shape index (κ2) is 6.19. The number of hydrogen-bond donors (Lipinski definition) is 2. The topological polar surface area (TPSA) is 62.2 Å². The quantitative estimate of drug-likeness (QED) is 0.872. The predicted molar refractivity (Wildman–Crippen MR) is 79.1 cm³/mol. The molecule has 1 aromatic carbocycles. The average Bonchev–Trinajstić information content (AvgIpc) is 2.45. The van der Waals surface area contributed by atoms with Crippen molar-refractivity contribution in [2.75, 3.05) is 5.32 Å². The van der Waals surface area contributed by atoms with Crippen LogP contribution >= 0.6 is 0 Å². The van der Waals surface area contributed by atoms with E-state index >= 15 is 0 Å². The van der Waals surface area contributed by atoms with Crippen LogP contribution in [-0.4, -0.2) is 16.1 Å². The minimum absolute atomic E-state index is 0.235. The molecule has 2 rings (SSSR count). The lowest BCUT2D eigenvalue weighted by atomic mass is 10.0. The zero-order valence-electron chi connectivity index (χ0n) is 11.6. The van der Waals surface area contributed by atoms with Crippen molar-refractivity contribution in [2.24, 2.45) is 0 Å². The lowest BCUT2D eigenvalue weighted by Crippen LogP contribution is -2.06. The first kappa shape index (κ1) is 14.1. The molecule has 1 aromatic heterocycles. The molecule has 2 aromatic rings. The monoisotopic (exact) mass is 270 g/mol. The van der Waals surface area contributed by atoms with E-state index in [2.05, 4.69) is 48.4 Å². The van der Waals surface area contributed by atoms with Crippen molar-refractivity contribution in [3.8, 4) is 0 Å². The van der Waals surface area contributed by atoms with E-state index in [9.17, 15) is 4.79 Å². The number of aromatic carboxylic acids is 1. The molecular weight excluding hydrogens is 252 g/mol. The molecule has 20 heavy (non-hydrogen) atoms. The Bertz CT molecular complexity index is 592. The third kappa shape index (κ3) is 3.35. The summed E-state index contributed by atoms with van der Waals surface area (Å²) in [5.74, 6) is -0.445. The normalized spacial score (nSPS) is 10.6. The summed E-state index contributed by atoms with van der Waals surface area (Å²) in [4.78, 5) is 15.0. The van der Waals surface area contributed by atoms with Crippen LogP contribution in [0.4, 0.5) is 5.69 Å². The fourth-order valence-corrected chi connectivity index (χ4v) is 1.94. The molecule has 0 saturated carbocycles. The number of anilines is 1. The Balaban J connectivity index is 2.07. The van der Waals surface area contributed by atoms with Gasteiger partial charge in [0, 0.05) is 12.7 Å². The van der Waals surface area contributed by atoms with Crippen LogP contribution in [0.25, 0.3) is 0 Å². The first-order valence-electron chi connectivity index (χ1n) is 6.58. The number of carboxylic acid groups (broad SMARTS) is 1. The molecule has 104 valence electrons. The third-order valence-electron chi connectivity index (χ3n) is 3.18. The summed E-state index contributed by atoms with van der Waals surface area (Å²) < 4.78 is 0. The number of carboxylic acids is 1. The molecule has 1 heterocycles. The molecule has 0 fully saturated rings. The van der Waals surface area contributed by atoms with Gasteiger partial charge < -0.3 is 10.4 Å². The number of carbonyl (C=O) groups is 1. The van der Waals surface area contributed by atoms with Gasteiger partial charge in [0.25, 0.3) is 0 Å². The first-order chi connectivity index (χ1) is 9.58. The van der Waals surface area contributed by atoms with E-state index in [1.54, 1.807) is 0 Å². The highest BCUT2D eigenvalue weighted by molar-refractivity contribution is 5.93. The van der Waals surface area contributed by atoms with Crippen LogP contribution in [0.5, 0.6) is 0 Å². The minimum Gasteiger partial charge on any atom is -0.478 e. The molecular formula is C16H18N2O2. The molecule has 0 aliphatic carbocycles. The Hall–Kier alpha value is -2.36. The van der Waals surface area contributed by atoms with Gasteiger partial charge in [-0.3, -0.25) is 4.98 Å². The van der Waals surface area contributed by atoms with Crippen molar-refractivity contribution in [1.82, 2.24) is 4.98 Å². The number of hydrogen-bond acceptors (Lipinski definition) is 3. The Morgan fingerprint density at radius 3 is 2.55 bits per heavy atom. The van der Waals surface area contributed by atoms with Crippen LogP contribution < -0.4 is 5.32 Å². The zero-order valence-corrected chi connectivity index (χ0v) is 11.6. The van der Waals surface area contributed by atoms with Gasteiger partial charge in [-0.2, -0.15) is 0 Å². The van der Waals surface area contributed by atoms with E-state index < -0.39 is 5.97 Å². The molecule has 0 atom stereocenters. The van der Waals surface area contributed by atoms with Gasteiger partial charge in [-0.1, -0.05) is 38.1 Å². The van der Waals surface area contributed by atoms with E-state index in [4.69, 9.17) is 5.11 Å². The molecule has 4 nitrogen and oxygen atoms in total. The fourth-order valence-electron chi connectivity index (χ4n) is 1.94. The number of pyridine rings is 1. The van der Waals surface area contributed by atoms with Gasteiger partial charge in [0.15, 0.2) is 0 Å². The van der Waals surface area contributed by atoms with Crippen LogP contribution in [0.3, 0.4) is 0 Å². The molecule has 0 unspecified atom stereocenters. The average molecular weight is 270 g/mol. The highest BCUT2D eigenvalue weighted by atomic mass is 16.4. The molecule has 0 saturated heterocycles. The van der Waals surface area contributed by atoms with Crippen molar-refractivity contribution in [1.29, 1.82) is 0 Å². The van der Waals surface area contributed by atoms with E-state index in [0.717, 1.165) is 5.56 Å². The summed E-state index contributed by atoms with van der Waals surface area (Å²) in [7, 11) is 0. The Labute approximate surface area is 118 Å². The van der Waals surface area contributed by atoms with Crippen LogP contribution in [0, 0.1) is 0 Å². The zero-order chi connectivity index (χ0) is 14.5. The maximum atomic E-state index is 11.1. The van der Waals surface area contributed by atoms with E-state index in [1.807, 2.05) is 0 Å². The molecule has 0 aliphatic rings. The lowest BCUT2D eigenvalue weighted by Gasteiger charge is -2.10. The number of aromatic nitrogens is 1. The van der Waals surface area contributed by atoms with E-state index in [1.165, 1.54) is 24.0 Å². The number of nitrogens with one attached hydrogen (secondary N) is 1. The van der Waals surface area contributed by atoms with Gasteiger partial charge >= 0.3 is 5.97 Å². The van der Waals surface area contributed by atoms with Crippen molar-refractivity contribution >= 4 is 11.7 Å². The second-order valence-corrected chi connectivity index (χ2v) is 4.98. The highest BCUT2D eigenvalue weighted by Gasteiger charge is 2.09.